The van der Waals surface area contributed by atoms with Crippen LogP contribution < -0.4 is 0 Å². The van der Waals surface area contributed by atoms with Crippen LogP contribution in [0.15, 0.2) is 182 Å². The summed E-state index contributed by atoms with van der Waals surface area (Å²) in [6.45, 7) is 4.33. The standard InChI is InChI=1S/C87H140O17P2/c1-5-9-13-17-21-25-29-33-37-39-40-42-45-48-52-56-60-64-68-72-85(90)98-78-83(104-87(92)74-70-66-62-58-54-50-46-41-38-34-30-26-22-18-14-10-6-2)80-102-106(95,96)100-76-81(88)75-99-105(93,94)101-79-82(103-86(91)73-69-65-61-57-53-49-44-36-32-28-24-20-16-12-8-4)77-97-84(89)71-67-63-59-55-51-47-43-35-31-27-23-19-15-11-7-3/h9-11,13-15,21-28,33-38,40,42-44,48,51-52,55,60,64,81-83,88H,5-8,12,16-20,29-32,39,41,45-47,49-50,53-54,56-59,61-63,65-80H2,1-4H3,(H,93,94)(H,95,96)/b13-9-,14-10-,15-11-,25-21-,26-22-,27-23-,28-24-,37-33-,38-34-,42-40-,43-35-,44-36-,52-48-,55-51-,64-60-. The molecule has 0 aliphatic rings. The fraction of sp³-hybridized carbons (Fsp3) is 0.609. The maximum absolute atomic E-state index is 13.1. The fourth-order valence-corrected chi connectivity index (χ4v) is 11.4. The van der Waals surface area contributed by atoms with Gasteiger partial charge in [0.25, 0.3) is 0 Å². The largest absolute Gasteiger partial charge is 0.472 e. The van der Waals surface area contributed by atoms with Gasteiger partial charge in [0, 0.05) is 25.7 Å². The average Bonchev–Trinajstić information content (AvgIpc) is 0.902. The van der Waals surface area contributed by atoms with Gasteiger partial charge in [-0.3, -0.25) is 37.3 Å². The number of hydrogen-bond donors (Lipinski definition) is 3. The number of carbonyl (C=O) groups is 4. The van der Waals surface area contributed by atoms with Crippen molar-refractivity contribution in [2.75, 3.05) is 39.6 Å². The second-order valence-corrected chi connectivity index (χ2v) is 28.8. The molecule has 0 aromatic heterocycles. The Morgan fingerprint density at radius 3 is 0.830 bits per heavy atom. The molecule has 0 saturated heterocycles. The molecule has 5 atom stereocenters. The normalized spacial score (nSPS) is 14.8. The van der Waals surface area contributed by atoms with Crippen molar-refractivity contribution in [2.45, 2.75) is 303 Å². The van der Waals surface area contributed by atoms with Gasteiger partial charge in [0.1, 0.15) is 19.3 Å². The summed E-state index contributed by atoms with van der Waals surface area (Å²) in [5, 5.41) is 10.6. The van der Waals surface area contributed by atoms with Crippen molar-refractivity contribution in [1.29, 1.82) is 0 Å². The average molecular weight is 1520 g/mol. The Bertz CT molecular complexity index is 2730. The Hall–Kier alpha value is -5.84. The molecule has 0 heterocycles. The summed E-state index contributed by atoms with van der Waals surface area (Å²) in [5.74, 6) is -2.36. The molecule has 106 heavy (non-hydrogen) atoms. The van der Waals surface area contributed by atoms with E-state index in [0.29, 0.717) is 32.1 Å². The van der Waals surface area contributed by atoms with Crippen LogP contribution in [0.4, 0.5) is 0 Å². The molecule has 0 fully saturated rings. The molecule has 0 aromatic rings. The number of ether oxygens (including phenoxy) is 4. The van der Waals surface area contributed by atoms with Crippen LogP contribution in [0.1, 0.15) is 285 Å². The van der Waals surface area contributed by atoms with Gasteiger partial charge in [-0.25, -0.2) is 9.13 Å². The summed E-state index contributed by atoms with van der Waals surface area (Å²) in [6.07, 6.45) is 93.1. The van der Waals surface area contributed by atoms with Crippen molar-refractivity contribution in [3.8, 4) is 0 Å². The van der Waals surface area contributed by atoms with E-state index in [0.717, 1.165) is 180 Å². The molecule has 600 valence electrons. The van der Waals surface area contributed by atoms with Gasteiger partial charge in [-0.05, 0) is 167 Å². The number of aliphatic hydroxyl groups is 1. The predicted octanol–water partition coefficient (Wildman–Crippen LogP) is 23.6. The van der Waals surface area contributed by atoms with Gasteiger partial charge >= 0.3 is 39.5 Å². The second-order valence-electron chi connectivity index (χ2n) is 25.9. The van der Waals surface area contributed by atoms with E-state index in [2.05, 4.69) is 192 Å². The van der Waals surface area contributed by atoms with E-state index in [1.165, 1.54) is 19.3 Å². The molecule has 0 bridgehead atoms. The minimum absolute atomic E-state index is 0.0262. The first-order chi connectivity index (χ1) is 51.7. The van der Waals surface area contributed by atoms with E-state index in [9.17, 15) is 43.2 Å². The van der Waals surface area contributed by atoms with E-state index in [-0.39, 0.29) is 25.7 Å². The molecule has 19 heteroatoms. The van der Waals surface area contributed by atoms with E-state index in [1.54, 1.807) is 0 Å². The predicted molar refractivity (Wildman–Crippen MR) is 436 cm³/mol. The van der Waals surface area contributed by atoms with E-state index >= 15 is 0 Å². The molecule has 0 aromatic carbocycles. The highest BCUT2D eigenvalue weighted by Gasteiger charge is 2.30. The molecule has 0 amide bonds. The fourth-order valence-electron chi connectivity index (χ4n) is 9.87. The molecule has 3 N–H and O–H groups in total. The number of aliphatic hydroxyl groups excluding tert-OH is 1. The van der Waals surface area contributed by atoms with Crippen LogP contribution in [0.5, 0.6) is 0 Å². The number of unbranched alkanes of at least 4 members (excludes halogenated alkanes) is 17. The van der Waals surface area contributed by atoms with Gasteiger partial charge in [0.05, 0.1) is 26.4 Å². The second kappa shape index (κ2) is 77.3. The summed E-state index contributed by atoms with van der Waals surface area (Å²) >= 11 is 0. The molecule has 5 unspecified atom stereocenters. The maximum atomic E-state index is 13.1. The Balaban J connectivity index is 5.51. The van der Waals surface area contributed by atoms with Crippen LogP contribution in [0, 0.1) is 0 Å². The highest BCUT2D eigenvalue weighted by Crippen LogP contribution is 2.45. The molecule has 0 saturated carbocycles. The molecular formula is C87H140O17P2. The van der Waals surface area contributed by atoms with Crippen molar-refractivity contribution in [3.63, 3.8) is 0 Å². The topological polar surface area (TPSA) is 237 Å². The van der Waals surface area contributed by atoms with E-state index < -0.39 is 97.5 Å². The summed E-state index contributed by atoms with van der Waals surface area (Å²) in [4.78, 5) is 73.0. The van der Waals surface area contributed by atoms with Crippen molar-refractivity contribution < 1.29 is 80.2 Å². The van der Waals surface area contributed by atoms with Crippen LogP contribution in [0.3, 0.4) is 0 Å². The number of rotatable bonds is 73. The maximum Gasteiger partial charge on any atom is 0.472 e. The summed E-state index contributed by atoms with van der Waals surface area (Å²) < 4.78 is 68.5. The third kappa shape index (κ3) is 76.4. The zero-order chi connectivity index (χ0) is 77.4. The van der Waals surface area contributed by atoms with E-state index in [4.69, 9.17) is 37.0 Å². The number of esters is 4. The van der Waals surface area contributed by atoms with Gasteiger partial charge in [-0.15, -0.1) is 0 Å². The molecule has 0 rings (SSSR count). The zero-order valence-electron chi connectivity index (χ0n) is 65.5. The highest BCUT2D eigenvalue weighted by molar-refractivity contribution is 7.47. The van der Waals surface area contributed by atoms with Gasteiger partial charge < -0.3 is 33.8 Å². The quantitative estimate of drug-likeness (QED) is 0.0169. The Morgan fingerprint density at radius 2 is 0.509 bits per heavy atom. The number of phosphoric ester groups is 2. The van der Waals surface area contributed by atoms with Crippen LogP contribution in [-0.2, 0) is 65.4 Å². The monoisotopic (exact) mass is 1520 g/mol. The van der Waals surface area contributed by atoms with Gasteiger partial charge in [-0.2, -0.15) is 0 Å². The SMILES string of the molecule is CC/C=C\C/C=C\C/C=C\C/C=C\C/C=C\C/C=C\CCC(=O)OCC(COP(=O)(O)OCC(O)COP(=O)(O)OCC(COC(=O)CCCC/C=C\C/C=C\C/C=C\C/C=C\CC)OC(=O)CCCCCCC/C=C\C/C=C\CCCCC)OC(=O)CCCCCCCCC/C=C\C/C=C\C/C=C\CC. The minimum Gasteiger partial charge on any atom is -0.462 e. The first-order valence-corrected chi connectivity index (χ1v) is 43.0. The first kappa shape index (κ1) is 100. The first-order valence-electron chi connectivity index (χ1n) is 40.0. The summed E-state index contributed by atoms with van der Waals surface area (Å²) in [5.41, 5.74) is 0. The lowest BCUT2D eigenvalue weighted by molar-refractivity contribution is -0.161. The summed E-state index contributed by atoms with van der Waals surface area (Å²) in [6, 6.07) is 0. The van der Waals surface area contributed by atoms with Gasteiger partial charge in [-0.1, -0.05) is 274 Å². The van der Waals surface area contributed by atoms with Gasteiger partial charge in [0.15, 0.2) is 12.2 Å². The third-order valence-electron chi connectivity index (χ3n) is 15.9. The highest BCUT2D eigenvalue weighted by atomic mass is 31.2. The molecule has 0 aliphatic carbocycles. The number of hydrogen-bond acceptors (Lipinski definition) is 15. The lowest BCUT2D eigenvalue weighted by Crippen LogP contribution is -2.30. The van der Waals surface area contributed by atoms with Crippen molar-refractivity contribution >= 4 is 39.5 Å². The Morgan fingerprint density at radius 1 is 0.274 bits per heavy atom. The van der Waals surface area contributed by atoms with Crippen LogP contribution >= 0.6 is 15.6 Å². The minimum atomic E-state index is -5.01. The molecule has 0 radical (unpaired) electrons. The molecular weight excluding hydrogens is 1380 g/mol. The number of phosphoric acid groups is 2. The lowest BCUT2D eigenvalue weighted by Gasteiger charge is -2.21. The number of allylic oxidation sites excluding steroid dienone is 30. The van der Waals surface area contributed by atoms with Crippen molar-refractivity contribution in [1.82, 2.24) is 0 Å². The summed E-state index contributed by atoms with van der Waals surface area (Å²) in [7, 11) is -10.0. The Kier molecular flexibility index (Phi) is 73.1. The lowest BCUT2D eigenvalue weighted by atomic mass is 10.1. The Labute approximate surface area is 641 Å². The van der Waals surface area contributed by atoms with Crippen LogP contribution in [0.25, 0.3) is 0 Å². The smallest absolute Gasteiger partial charge is 0.462 e. The molecule has 17 nitrogen and oxygen atoms in total. The zero-order valence-corrected chi connectivity index (χ0v) is 67.3. The van der Waals surface area contributed by atoms with Gasteiger partial charge in [0.2, 0.25) is 0 Å². The van der Waals surface area contributed by atoms with Crippen molar-refractivity contribution in [2.24, 2.45) is 0 Å². The van der Waals surface area contributed by atoms with E-state index in [1.807, 2.05) is 18.2 Å². The number of carbonyl (C=O) groups excluding carboxylic acids is 4. The van der Waals surface area contributed by atoms with Crippen molar-refractivity contribution in [3.05, 3.63) is 182 Å². The van der Waals surface area contributed by atoms with Crippen LogP contribution in [0.2, 0.25) is 0 Å². The third-order valence-corrected chi connectivity index (χ3v) is 17.8. The molecule has 0 spiro atoms. The molecule has 0 aliphatic heterocycles. The van der Waals surface area contributed by atoms with Crippen LogP contribution in [-0.4, -0.2) is 96.7 Å².